The van der Waals surface area contributed by atoms with Crippen LogP contribution in [0.4, 0.5) is 19.0 Å². The molecule has 0 aliphatic heterocycles. The minimum absolute atomic E-state index is 0.0332. The van der Waals surface area contributed by atoms with Crippen molar-refractivity contribution in [2.45, 2.75) is 25.1 Å². The largest absolute Gasteiger partial charge is 0.411 e. The molecule has 0 amide bonds. The number of aromatic nitrogens is 1. The summed E-state index contributed by atoms with van der Waals surface area (Å²) < 4.78 is 40.1. The fourth-order valence-electron chi connectivity index (χ4n) is 1.55. The lowest BCUT2D eigenvalue weighted by atomic mass is 10.1. The van der Waals surface area contributed by atoms with Gasteiger partial charge < -0.3 is 10.5 Å². The highest BCUT2D eigenvalue weighted by atomic mass is 19.4. The summed E-state index contributed by atoms with van der Waals surface area (Å²) in [5.74, 6) is 5.74. The van der Waals surface area contributed by atoms with Gasteiger partial charge in [-0.3, -0.25) is 11.3 Å². The third kappa shape index (κ3) is 6.37. The van der Waals surface area contributed by atoms with Crippen molar-refractivity contribution < 1.29 is 17.9 Å². The highest BCUT2D eigenvalue weighted by Crippen LogP contribution is 2.15. The Kier molecular flexibility index (Phi) is 6.00. The number of hydrogen-bond donors (Lipinski definition) is 3. The summed E-state index contributed by atoms with van der Waals surface area (Å²) in [7, 11) is 0. The summed E-state index contributed by atoms with van der Waals surface area (Å²) in [6.45, 7) is -1.28. The van der Waals surface area contributed by atoms with Crippen LogP contribution in [0.2, 0.25) is 0 Å². The molecule has 0 radical (unpaired) electrons. The van der Waals surface area contributed by atoms with E-state index in [1.54, 1.807) is 18.3 Å². The zero-order valence-electron chi connectivity index (χ0n) is 10.3. The van der Waals surface area contributed by atoms with Crippen molar-refractivity contribution in [3.63, 3.8) is 0 Å². The maximum Gasteiger partial charge on any atom is 0.411 e. The number of anilines is 1. The Morgan fingerprint density at radius 2 is 2.16 bits per heavy atom. The van der Waals surface area contributed by atoms with Crippen LogP contribution < -0.4 is 17.0 Å². The van der Waals surface area contributed by atoms with Gasteiger partial charge in [0.25, 0.3) is 0 Å². The minimum Gasteiger partial charge on any atom is -0.383 e. The molecule has 8 heteroatoms. The van der Waals surface area contributed by atoms with E-state index < -0.39 is 12.8 Å². The Hall–Kier alpha value is -1.38. The Balaban J connectivity index is 2.36. The maximum absolute atomic E-state index is 11.9. The van der Waals surface area contributed by atoms with E-state index in [4.69, 9.17) is 11.6 Å². The molecule has 0 fully saturated rings. The van der Waals surface area contributed by atoms with Gasteiger partial charge in [0.15, 0.2) is 0 Å². The summed E-state index contributed by atoms with van der Waals surface area (Å²) in [6, 6.07) is 3.31. The van der Waals surface area contributed by atoms with Crippen LogP contribution in [-0.4, -0.2) is 30.4 Å². The first-order valence-corrected chi connectivity index (χ1v) is 5.72. The Morgan fingerprint density at radius 3 is 2.74 bits per heavy atom. The molecule has 0 saturated carbocycles. The second-order valence-corrected chi connectivity index (χ2v) is 4.07. The minimum atomic E-state index is -4.31. The summed E-state index contributed by atoms with van der Waals surface area (Å²) in [4.78, 5) is 3.92. The van der Waals surface area contributed by atoms with Gasteiger partial charge in [-0.25, -0.2) is 4.98 Å². The fourth-order valence-corrected chi connectivity index (χ4v) is 1.55. The van der Waals surface area contributed by atoms with E-state index in [0.29, 0.717) is 18.7 Å². The van der Waals surface area contributed by atoms with E-state index in [1.165, 1.54) is 0 Å². The monoisotopic (exact) mass is 278 g/mol. The van der Waals surface area contributed by atoms with Gasteiger partial charge in [-0.15, -0.1) is 0 Å². The second-order valence-electron chi connectivity index (χ2n) is 4.07. The molecular formula is C11H17F3N4O. The normalized spacial score (nSPS) is 13.5. The summed E-state index contributed by atoms with van der Waals surface area (Å²) in [6.07, 6.45) is -1.91. The SMILES string of the molecule is NNC(CCOCC(F)(F)F)Cc1cccnc1N. The zero-order chi connectivity index (χ0) is 14.3. The van der Waals surface area contributed by atoms with Gasteiger partial charge in [-0.05, 0) is 24.5 Å². The molecule has 1 rings (SSSR count). The van der Waals surface area contributed by atoms with Crippen LogP contribution >= 0.6 is 0 Å². The standard InChI is InChI=1S/C11H17F3N4O/c12-11(13,14)7-19-5-3-9(18-16)6-8-2-1-4-17-10(8)15/h1-2,4,9,18H,3,5-7,16H2,(H2,15,17). The lowest BCUT2D eigenvalue weighted by molar-refractivity contribution is -0.174. The van der Waals surface area contributed by atoms with Crippen molar-refractivity contribution in [3.05, 3.63) is 23.9 Å². The fraction of sp³-hybridized carbons (Fsp3) is 0.545. The highest BCUT2D eigenvalue weighted by molar-refractivity contribution is 5.38. The van der Waals surface area contributed by atoms with Crippen LogP contribution in [0.1, 0.15) is 12.0 Å². The third-order valence-electron chi connectivity index (χ3n) is 2.50. The van der Waals surface area contributed by atoms with Gasteiger partial charge in [0.2, 0.25) is 0 Å². The maximum atomic E-state index is 11.9. The van der Waals surface area contributed by atoms with Gasteiger partial charge in [-0.2, -0.15) is 13.2 Å². The van der Waals surface area contributed by atoms with Crippen LogP contribution in [0.3, 0.4) is 0 Å². The lowest BCUT2D eigenvalue weighted by Gasteiger charge is -2.17. The summed E-state index contributed by atoms with van der Waals surface area (Å²) >= 11 is 0. The number of nitrogens with one attached hydrogen (secondary N) is 1. The van der Waals surface area contributed by atoms with Crippen molar-refractivity contribution in [2.75, 3.05) is 18.9 Å². The molecule has 1 atom stereocenters. The van der Waals surface area contributed by atoms with Crippen LogP contribution in [0.25, 0.3) is 0 Å². The molecule has 1 heterocycles. The number of rotatable bonds is 7. The van der Waals surface area contributed by atoms with Crippen molar-refractivity contribution in [1.29, 1.82) is 0 Å². The molecular weight excluding hydrogens is 261 g/mol. The smallest absolute Gasteiger partial charge is 0.383 e. The predicted octanol–water partition coefficient (Wildman–Crippen LogP) is 1.01. The molecule has 0 aliphatic rings. The Labute approximate surface area is 109 Å². The van der Waals surface area contributed by atoms with E-state index in [0.717, 1.165) is 5.56 Å². The van der Waals surface area contributed by atoms with Crippen molar-refractivity contribution in [2.24, 2.45) is 5.84 Å². The van der Waals surface area contributed by atoms with Crippen LogP contribution in [0.5, 0.6) is 0 Å². The molecule has 1 aromatic heterocycles. The molecule has 1 unspecified atom stereocenters. The molecule has 1 aromatic rings. The first kappa shape index (κ1) is 15.7. The Bertz CT molecular complexity index is 386. The average Bonchev–Trinajstić information content (AvgIpc) is 2.34. The molecule has 5 N–H and O–H groups in total. The number of nitrogens with zero attached hydrogens (tertiary/aromatic N) is 1. The van der Waals surface area contributed by atoms with Gasteiger partial charge in [0.1, 0.15) is 12.4 Å². The Morgan fingerprint density at radius 1 is 1.42 bits per heavy atom. The molecule has 19 heavy (non-hydrogen) atoms. The molecule has 0 bridgehead atoms. The molecule has 0 aliphatic carbocycles. The third-order valence-corrected chi connectivity index (χ3v) is 2.50. The van der Waals surface area contributed by atoms with E-state index >= 15 is 0 Å². The number of nitrogens with two attached hydrogens (primary N) is 2. The number of hydrogen-bond acceptors (Lipinski definition) is 5. The first-order chi connectivity index (χ1) is 8.92. The summed E-state index contributed by atoms with van der Waals surface area (Å²) in [5.41, 5.74) is 9.00. The number of nitrogen functional groups attached to an aromatic ring is 1. The number of hydrazine groups is 1. The number of halogens is 3. The average molecular weight is 278 g/mol. The highest BCUT2D eigenvalue weighted by Gasteiger charge is 2.27. The van der Waals surface area contributed by atoms with E-state index in [2.05, 4.69) is 15.1 Å². The number of pyridine rings is 1. The topological polar surface area (TPSA) is 86.2 Å². The quantitative estimate of drug-likeness (QED) is 0.393. The van der Waals surface area contributed by atoms with Crippen LogP contribution in [0.15, 0.2) is 18.3 Å². The molecule has 108 valence electrons. The first-order valence-electron chi connectivity index (χ1n) is 5.72. The molecule has 5 nitrogen and oxygen atoms in total. The van der Waals surface area contributed by atoms with Crippen molar-refractivity contribution >= 4 is 5.82 Å². The van der Waals surface area contributed by atoms with Gasteiger partial charge >= 0.3 is 6.18 Å². The van der Waals surface area contributed by atoms with E-state index in [1.807, 2.05) is 0 Å². The predicted molar refractivity (Wildman–Crippen MR) is 65.0 cm³/mol. The van der Waals surface area contributed by atoms with E-state index in [9.17, 15) is 13.2 Å². The summed E-state index contributed by atoms with van der Waals surface area (Å²) in [5, 5.41) is 0. The van der Waals surface area contributed by atoms with Gasteiger partial charge in [0, 0.05) is 18.8 Å². The van der Waals surface area contributed by atoms with Crippen LogP contribution in [-0.2, 0) is 11.2 Å². The lowest BCUT2D eigenvalue weighted by Crippen LogP contribution is -2.38. The molecule has 0 saturated heterocycles. The van der Waals surface area contributed by atoms with Crippen LogP contribution in [0, 0.1) is 0 Å². The van der Waals surface area contributed by atoms with Crippen molar-refractivity contribution in [3.8, 4) is 0 Å². The van der Waals surface area contributed by atoms with Gasteiger partial charge in [0.05, 0.1) is 0 Å². The zero-order valence-corrected chi connectivity index (χ0v) is 10.3. The van der Waals surface area contributed by atoms with E-state index in [-0.39, 0.29) is 12.6 Å². The molecule has 0 aromatic carbocycles. The van der Waals surface area contributed by atoms with Gasteiger partial charge in [-0.1, -0.05) is 6.07 Å². The molecule has 0 spiro atoms. The number of ether oxygens (including phenoxy) is 1. The second kappa shape index (κ2) is 7.27. The van der Waals surface area contributed by atoms with Crippen molar-refractivity contribution in [1.82, 2.24) is 10.4 Å². The number of alkyl halides is 3.